The van der Waals surface area contributed by atoms with Crippen molar-refractivity contribution in [3.05, 3.63) is 76.7 Å². The number of nitrogens with zero attached hydrogens (tertiary/aromatic N) is 3. The van der Waals surface area contributed by atoms with Crippen LogP contribution < -0.4 is 10.1 Å². The van der Waals surface area contributed by atoms with E-state index in [1.165, 1.54) is 6.07 Å². The molecule has 0 aliphatic rings. The molecule has 0 fully saturated rings. The second-order valence-corrected chi connectivity index (χ2v) is 7.42. The van der Waals surface area contributed by atoms with Crippen molar-refractivity contribution in [2.75, 3.05) is 11.9 Å². The number of aryl methyl sites for hydroxylation is 3. The summed E-state index contributed by atoms with van der Waals surface area (Å²) in [6, 6.07) is 11.8. The van der Waals surface area contributed by atoms with Crippen LogP contribution in [0.2, 0.25) is 0 Å². The van der Waals surface area contributed by atoms with Gasteiger partial charge in [-0.2, -0.15) is 5.10 Å². The largest absolute Gasteiger partial charge is 0.494 e. The topological polar surface area (TPSA) is 52.0 Å². The molecule has 0 atom stereocenters. The summed E-state index contributed by atoms with van der Waals surface area (Å²) in [5.74, 6) is -0.296. The SMILES string of the molecule is CCOc1ccc(-n2c(C)c3c(C)nnc(NCc4ccc(F)c(F)c4)c3c2C)cc1. The van der Waals surface area contributed by atoms with Crippen molar-refractivity contribution in [3.8, 4) is 11.4 Å². The van der Waals surface area contributed by atoms with E-state index in [0.717, 1.165) is 45.4 Å². The van der Waals surface area contributed by atoms with Crippen LogP contribution in [-0.4, -0.2) is 21.4 Å². The Hall–Kier alpha value is -3.48. The van der Waals surface area contributed by atoms with E-state index in [-0.39, 0.29) is 0 Å². The van der Waals surface area contributed by atoms with Gasteiger partial charge in [0.1, 0.15) is 5.75 Å². The number of benzene rings is 2. The van der Waals surface area contributed by atoms with Gasteiger partial charge in [0.05, 0.1) is 12.3 Å². The Labute approximate surface area is 179 Å². The molecule has 0 aliphatic heterocycles. The van der Waals surface area contributed by atoms with Crippen molar-refractivity contribution < 1.29 is 13.5 Å². The number of hydrogen-bond donors (Lipinski definition) is 1. The van der Waals surface area contributed by atoms with Gasteiger partial charge in [-0.15, -0.1) is 5.10 Å². The van der Waals surface area contributed by atoms with Gasteiger partial charge in [-0.3, -0.25) is 0 Å². The fraction of sp³-hybridized carbons (Fsp3) is 0.250. The smallest absolute Gasteiger partial charge is 0.159 e. The summed E-state index contributed by atoms with van der Waals surface area (Å²) in [4.78, 5) is 0. The summed E-state index contributed by atoms with van der Waals surface area (Å²) in [5, 5.41) is 13.9. The quantitative estimate of drug-likeness (QED) is 0.437. The third-order valence-electron chi connectivity index (χ3n) is 5.39. The number of nitrogens with one attached hydrogen (secondary N) is 1. The molecule has 0 amide bonds. The molecule has 0 unspecified atom stereocenters. The van der Waals surface area contributed by atoms with Crippen molar-refractivity contribution in [2.45, 2.75) is 34.2 Å². The van der Waals surface area contributed by atoms with Crippen LogP contribution in [0.15, 0.2) is 42.5 Å². The molecule has 2 aromatic heterocycles. The monoisotopic (exact) mass is 422 g/mol. The van der Waals surface area contributed by atoms with E-state index in [0.29, 0.717) is 24.5 Å². The van der Waals surface area contributed by atoms with Gasteiger partial charge in [0.25, 0.3) is 0 Å². The summed E-state index contributed by atoms with van der Waals surface area (Å²) >= 11 is 0. The number of aromatic nitrogens is 3. The standard InChI is InChI=1S/C24H24F2N4O/c1-5-31-19-9-7-18(8-10-19)30-15(3)22-14(2)28-29-24(23(22)16(30)4)27-13-17-6-11-20(25)21(26)12-17/h6-12H,5,13H2,1-4H3,(H,27,29). The van der Waals surface area contributed by atoms with Gasteiger partial charge in [-0.05, 0) is 69.7 Å². The second kappa shape index (κ2) is 8.34. The molecule has 0 saturated heterocycles. The van der Waals surface area contributed by atoms with Crippen LogP contribution in [0.4, 0.5) is 14.6 Å². The van der Waals surface area contributed by atoms with Crippen LogP contribution in [0, 0.1) is 32.4 Å². The number of hydrogen-bond acceptors (Lipinski definition) is 4. The molecule has 2 heterocycles. The lowest BCUT2D eigenvalue weighted by molar-refractivity contribution is 0.340. The van der Waals surface area contributed by atoms with Crippen LogP contribution in [0.5, 0.6) is 5.75 Å². The fourth-order valence-corrected chi connectivity index (χ4v) is 4.00. The van der Waals surface area contributed by atoms with Gasteiger partial charge in [0, 0.05) is 34.4 Å². The highest BCUT2D eigenvalue weighted by atomic mass is 19.2. The van der Waals surface area contributed by atoms with Crippen molar-refractivity contribution in [3.63, 3.8) is 0 Å². The first-order valence-electron chi connectivity index (χ1n) is 10.2. The lowest BCUT2D eigenvalue weighted by atomic mass is 10.1. The van der Waals surface area contributed by atoms with Crippen molar-refractivity contribution in [1.29, 1.82) is 0 Å². The number of fused-ring (bicyclic) bond motifs is 1. The van der Waals surface area contributed by atoms with Gasteiger partial charge in [0.2, 0.25) is 0 Å². The highest BCUT2D eigenvalue weighted by molar-refractivity contribution is 5.98. The normalized spacial score (nSPS) is 11.2. The Bertz CT molecular complexity index is 1250. The summed E-state index contributed by atoms with van der Waals surface area (Å²) in [5.41, 5.74) is 4.54. The predicted molar refractivity (Wildman–Crippen MR) is 118 cm³/mol. The van der Waals surface area contributed by atoms with Crippen molar-refractivity contribution >= 4 is 16.6 Å². The Morgan fingerprint density at radius 1 is 0.903 bits per heavy atom. The first-order valence-corrected chi connectivity index (χ1v) is 10.2. The maximum Gasteiger partial charge on any atom is 0.159 e. The Kier molecular flexibility index (Phi) is 5.59. The lowest BCUT2D eigenvalue weighted by Gasteiger charge is -2.11. The zero-order chi connectivity index (χ0) is 22.1. The van der Waals surface area contributed by atoms with Crippen LogP contribution in [0.25, 0.3) is 16.5 Å². The summed E-state index contributed by atoms with van der Waals surface area (Å²) in [6.07, 6.45) is 0. The first kappa shape index (κ1) is 20.8. The van der Waals surface area contributed by atoms with Gasteiger partial charge < -0.3 is 14.6 Å². The molecule has 0 spiro atoms. The maximum atomic E-state index is 13.6. The number of anilines is 1. The second-order valence-electron chi connectivity index (χ2n) is 7.42. The van der Waals surface area contributed by atoms with Crippen LogP contribution in [0.1, 0.15) is 29.6 Å². The number of rotatable bonds is 6. The molecule has 4 aromatic rings. The molecule has 5 nitrogen and oxygen atoms in total. The minimum atomic E-state index is -0.867. The van der Waals surface area contributed by atoms with Crippen LogP contribution >= 0.6 is 0 Å². The molecule has 7 heteroatoms. The molecule has 2 aromatic carbocycles. The zero-order valence-corrected chi connectivity index (χ0v) is 18.0. The van der Waals surface area contributed by atoms with E-state index >= 15 is 0 Å². The van der Waals surface area contributed by atoms with Gasteiger partial charge in [0.15, 0.2) is 17.5 Å². The van der Waals surface area contributed by atoms with E-state index in [1.807, 2.05) is 45.0 Å². The predicted octanol–water partition coefficient (Wildman–Crippen LogP) is 5.63. The minimum Gasteiger partial charge on any atom is -0.494 e. The van der Waals surface area contributed by atoms with Crippen molar-refractivity contribution in [1.82, 2.24) is 14.8 Å². The third kappa shape index (κ3) is 3.83. The Morgan fingerprint density at radius 2 is 1.61 bits per heavy atom. The van der Waals surface area contributed by atoms with E-state index in [4.69, 9.17) is 4.74 Å². The van der Waals surface area contributed by atoms with Crippen LogP contribution in [-0.2, 0) is 6.54 Å². The molecule has 160 valence electrons. The molecule has 1 N–H and O–H groups in total. The third-order valence-corrected chi connectivity index (χ3v) is 5.39. The minimum absolute atomic E-state index is 0.302. The maximum absolute atomic E-state index is 13.6. The summed E-state index contributed by atoms with van der Waals surface area (Å²) in [6.45, 7) is 8.91. The Morgan fingerprint density at radius 3 is 2.29 bits per heavy atom. The van der Waals surface area contributed by atoms with Gasteiger partial charge >= 0.3 is 0 Å². The molecular weight excluding hydrogens is 398 g/mol. The van der Waals surface area contributed by atoms with E-state index in [1.54, 1.807) is 6.07 Å². The average Bonchev–Trinajstić information content (AvgIpc) is 3.02. The first-order chi connectivity index (χ1) is 14.9. The zero-order valence-electron chi connectivity index (χ0n) is 18.0. The number of halogens is 2. The van der Waals surface area contributed by atoms with E-state index in [9.17, 15) is 8.78 Å². The van der Waals surface area contributed by atoms with E-state index < -0.39 is 11.6 Å². The van der Waals surface area contributed by atoms with Gasteiger partial charge in [-0.25, -0.2) is 8.78 Å². The average molecular weight is 422 g/mol. The summed E-state index contributed by atoms with van der Waals surface area (Å²) in [7, 11) is 0. The Balaban J connectivity index is 1.75. The highest BCUT2D eigenvalue weighted by Crippen LogP contribution is 2.34. The molecule has 0 aliphatic carbocycles. The van der Waals surface area contributed by atoms with E-state index in [2.05, 4.69) is 27.0 Å². The summed E-state index contributed by atoms with van der Waals surface area (Å²) < 4.78 is 34.5. The molecular formula is C24H24F2N4O. The molecule has 4 rings (SSSR count). The van der Waals surface area contributed by atoms with Crippen molar-refractivity contribution in [2.24, 2.45) is 0 Å². The van der Waals surface area contributed by atoms with Crippen LogP contribution in [0.3, 0.4) is 0 Å². The van der Waals surface area contributed by atoms with Gasteiger partial charge in [-0.1, -0.05) is 6.07 Å². The highest BCUT2D eigenvalue weighted by Gasteiger charge is 2.19. The molecule has 0 radical (unpaired) electrons. The molecule has 0 bridgehead atoms. The molecule has 0 saturated carbocycles. The lowest BCUT2D eigenvalue weighted by Crippen LogP contribution is -2.05. The number of ether oxygens (including phenoxy) is 1. The molecule has 31 heavy (non-hydrogen) atoms. The fourth-order valence-electron chi connectivity index (χ4n) is 4.00.